The number of aliphatic carboxylic acids is 1. The lowest BCUT2D eigenvalue weighted by molar-refractivity contribution is -0.137. The summed E-state index contributed by atoms with van der Waals surface area (Å²) in [5.74, 6) is -0.527. The molecule has 1 aliphatic heterocycles. The van der Waals surface area contributed by atoms with Crippen molar-refractivity contribution in [3.8, 4) is 5.69 Å². The van der Waals surface area contributed by atoms with E-state index in [2.05, 4.69) is 5.10 Å². The van der Waals surface area contributed by atoms with Gasteiger partial charge in [0.25, 0.3) is 5.91 Å². The summed E-state index contributed by atoms with van der Waals surface area (Å²) in [6.07, 6.45) is 4.33. The third kappa shape index (κ3) is 3.95. The average molecular weight is 355 g/mol. The smallest absolute Gasteiger partial charge is 0.303 e. The molecule has 26 heavy (non-hydrogen) atoms. The summed E-state index contributed by atoms with van der Waals surface area (Å²) < 4.78 is 1.80. The number of hydrogen-bond donors (Lipinski definition) is 1. The quantitative estimate of drug-likeness (QED) is 0.894. The number of carbonyl (C=O) groups excluding carboxylic acids is 1. The minimum atomic E-state index is -0.774. The van der Waals surface area contributed by atoms with Crippen LogP contribution in [0.1, 0.15) is 47.3 Å². The van der Waals surface area contributed by atoms with E-state index in [4.69, 9.17) is 5.11 Å². The maximum absolute atomic E-state index is 13.0. The highest BCUT2D eigenvalue weighted by Gasteiger charge is 2.27. The zero-order valence-corrected chi connectivity index (χ0v) is 15.3. The highest BCUT2D eigenvalue weighted by atomic mass is 16.4. The number of piperidine rings is 1. The fourth-order valence-corrected chi connectivity index (χ4v) is 3.62. The molecule has 2 heterocycles. The topological polar surface area (TPSA) is 75.4 Å². The first-order chi connectivity index (χ1) is 12.5. The standard InChI is InChI=1S/C20H25N3O3/c1-14-5-3-7-17(11-14)23-15(2)18(12-21-23)20(26)22-10-4-6-16(13-22)8-9-19(24)25/h3,5,7,11-12,16H,4,6,8-10,13H2,1-2H3,(H,24,25). The molecule has 1 N–H and O–H groups in total. The summed E-state index contributed by atoms with van der Waals surface area (Å²) in [5.41, 5.74) is 3.53. The SMILES string of the molecule is Cc1cccc(-n2ncc(C(=O)N3CCCC(CCC(=O)O)C3)c2C)c1. The number of aromatic nitrogens is 2. The van der Waals surface area contributed by atoms with E-state index in [0.717, 1.165) is 36.3 Å². The lowest BCUT2D eigenvalue weighted by Gasteiger charge is -2.32. The second-order valence-electron chi connectivity index (χ2n) is 7.09. The van der Waals surface area contributed by atoms with Crippen LogP contribution in [0.25, 0.3) is 5.69 Å². The first kappa shape index (κ1) is 18.2. The van der Waals surface area contributed by atoms with Crippen LogP contribution in [-0.2, 0) is 4.79 Å². The molecule has 0 bridgehead atoms. The van der Waals surface area contributed by atoms with E-state index < -0.39 is 5.97 Å². The molecule has 1 aliphatic rings. The predicted octanol–water partition coefficient (Wildman–Crippen LogP) is 3.21. The van der Waals surface area contributed by atoms with Gasteiger partial charge < -0.3 is 10.0 Å². The fraction of sp³-hybridized carbons (Fsp3) is 0.450. The maximum Gasteiger partial charge on any atom is 0.303 e. The van der Waals surface area contributed by atoms with Crippen LogP contribution in [0.4, 0.5) is 0 Å². The minimum absolute atomic E-state index is 0.0126. The number of carboxylic acids is 1. The van der Waals surface area contributed by atoms with Gasteiger partial charge in [-0.25, -0.2) is 4.68 Å². The summed E-state index contributed by atoms with van der Waals surface area (Å²) in [6.45, 7) is 5.28. The Hall–Kier alpha value is -2.63. The number of carbonyl (C=O) groups is 2. The number of carboxylic acid groups (broad SMARTS) is 1. The lowest BCUT2D eigenvalue weighted by atomic mass is 9.93. The fourth-order valence-electron chi connectivity index (χ4n) is 3.62. The summed E-state index contributed by atoms with van der Waals surface area (Å²) in [5, 5.41) is 13.3. The summed E-state index contributed by atoms with van der Waals surface area (Å²) >= 11 is 0. The number of rotatable bonds is 5. The van der Waals surface area contributed by atoms with Crippen LogP contribution in [0, 0.1) is 19.8 Å². The largest absolute Gasteiger partial charge is 0.481 e. The summed E-state index contributed by atoms with van der Waals surface area (Å²) in [7, 11) is 0. The molecule has 0 aliphatic carbocycles. The highest BCUT2D eigenvalue weighted by Crippen LogP contribution is 2.24. The number of amides is 1. The molecule has 0 saturated carbocycles. The third-order valence-electron chi connectivity index (χ3n) is 5.06. The molecule has 1 aromatic carbocycles. The van der Waals surface area contributed by atoms with Gasteiger partial charge in [0.15, 0.2) is 0 Å². The van der Waals surface area contributed by atoms with Gasteiger partial charge in [-0.1, -0.05) is 12.1 Å². The molecule has 1 atom stereocenters. The van der Waals surface area contributed by atoms with Crippen LogP contribution in [0.15, 0.2) is 30.5 Å². The van der Waals surface area contributed by atoms with E-state index >= 15 is 0 Å². The lowest BCUT2D eigenvalue weighted by Crippen LogP contribution is -2.40. The van der Waals surface area contributed by atoms with Crippen LogP contribution in [-0.4, -0.2) is 44.8 Å². The molecular weight excluding hydrogens is 330 g/mol. The zero-order valence-electron chi connectivity index (χ0n) is 15.3. The van der Waals surface area contributed by atoms with E-state index in [1.54, 1.807) is 10.9 Å². The zero-order chi connectivity index (χ0) is 18.7. The second-order valence-corrected chi connectivity index (χ2v) is 7.09. The molecule has 2 aromatic rings. The van der Waals surface area contributed by atoms with Gasteiger partial charge in [0, 0.05) is 19.5 Å². The molecule has 1 amide bonds. The minimum Gasteiger partial charge on any atom is -0.481 e. The van der Waals surface area contributed by atoms with Gasteiger partial charge in [0.1, 0.15) is 0 Å². The maximum atomic E-state index is 13.0. The average Bonchev–Trinajstić information content (AvgIpc) is 3.01. The molecule has 1 unspecified atom stereocenters. The number of nitrogens with zero attached hydrogens (tertiary/aromatic N) is 3. The normalized spacial score (nSPS) is 17.3. The van der Waals surface area contributed by atoms with E-state index in [0.29, 0.717) is 18.5 Å². The van der Waals surface area contributed by atoms with E-state index in [1.165, 1.54) is 0 Å². The third-order valence-corrected chi connectivity index (χ3v) is 5.06. The molecule has 1 saturated heterocycles. The Morgan fingerprint density at radius 1 is 1.31 bits per heavy atom. The number of aryl methyl sites for hydroxylation is 1. The van der Waals surface area contributed by atoms with E-state index in [-0.39, 0.29) is 18.2 Å². The molecular formula is C20H25N3O3. The van der Waals surface area contributed by atoms with Crippen molar-refractivity contribution in [2.45, 2.75) is 39.5 Å². The van der Waals surface area contributed by atoms with Crippen molar-refractivity contribution in [1.82, 2.24) is 14.7 Å². The highest BCUT2D eigenvalue weighted by molar-refractivity contribution is 5.95. The van der Waals surface area contributed by atoms with Crippen molar-refractivity contribution < 1.29 is 14.7 Å². The van der Waals surface area contributed by atoms with Crippen LogP contribution < -0.4 is 0 Å². The Labute approximate surface area is 153 Å². The molecule has 6 heteroatoms. The van der Waals surface area contributed by atoms with Crippen LogP contribution in [0.2, 0.25) is 0 Å². The van der Waals surface area contributed by atoms with Gasteiger partial charge in [-0.2, -0.15) is 5.10 Å². The van der Waals surface area contributed by atoms with Crippen molar-refractivity contribution in [2.75, 3.05) is 13.1 Å². The van der Waals surface area contributed by atoms with Gasteiger partial charge >= 0.3 is 5.97 Å². The molecule has 0 radical (unpaired) electrons. The van der Waals surface area contributed by atoms with Gasteiger partial charge in [0.2, 0.25) is 0 Å². The number of benzene rings is 1. The van der Waals surface area contributed by atoms with Crippen molar-refractivity contribution in [3.63, 3.8) is 0 Å². The molecule has 1 aromatic heterocycles. The van der Waals surface area contributed by atoms with Crippen molar-refractivity contribution in [1.29, 1.82) is 0 Å². The second kappa shape index (κ2) is 7.72. The predicted molar refractivity (Wildman–Crippen MR) is 98.5 cm³/mol. The van der Waals surface area contributed by atoms with Crippen LogP contribution in [0.3, 0.4) is 0 Å². The molecule has 0 spiro atoms. The molecule has 3 rings (SSSR count). The molecule has 1 fully saturated rings. The van der Waals surface area contributed by atoms with Crippen molar-refractivity contribution >= 4 is 11.9 Å². The van der Waals surface area contributed by atoms with E-state index in [1.807, 2.05) is 43.0 Å². The Morgan fingerprint density at radius 2 is 2.12 bits per heavy atom. The van der Waals surface area contributed by atoms with Gasteiger partial charge in [0.05, 0.1) is 23.1 Å². The summed E-state index contributed by atoms with van der Waals surface area (Å²) in [6, 6.07) is 8.02. The van der Waals surface area contributed by atoms with Crippen molar-refractivity contribution in [3.05, 3.63) is 47.3 Å². The number of hydrogen-bond acceptors (Lipinski definition) is 3. The Morgan fingerprint density at radius 3 is 2.85 bits per heavy atom. The van der Waals surface area contributed by atoms with Gasteiger partial charge in [-0.05, 0) is 56.7 Å². The molecule has 6 nitrogen and oxygen atoms in total. The van der Waals surface area contributed by atoms with Gasteiger partial charge in [-0.15, -0.1) is 0 Å². The Bertz CT molecular complexity index is 812. The van der Waals surface area contributed by atoms with Crippen LogP contribution >= 0.6 is 0 Å². The first-order valence-corrected chi connectivity index (χ1v) is 9.08. The van der Waals surface area contributed by atoms with Crippen molar-refractivity contribution in [2.24, 2.45) is 5.92 Å². The monoisotopic (exact) mass is 355 g/mol. The Balaban J connectivity index is 1.75. The van der Waals surface area contributed by atoms with Crippen LogP contribution in [0.5, 0.6) is 0 Å². The Kier molecular flexibility index (Phi) is 5.40. The van der Waals surface area contributed by atoms with Gasteiger partial charge in [-0.3, -0.25) is 9.59 Å². The number of likely N-dealkylation sites (tertiary alicyclic amines) is 1. The first-order valence-electron chi connectivity index (χ1n) is 9.08. The summed E-state index contributed by atoms with van der Waals surface area (Å²) in [4.78, 5) is 25.6. The molecule has 138 valence electrons. The van der Waals surface area contributed by atoms with E-state index in [9.17, 15) is 9.59 Å².